The van der Waals surface area contributed by atoms with Gasteiger partial charge in [-0.05, 0) is 43.1 Å². The van der Waals surface area contributed by atoms with E-state index in [2.05, 4.69) is 9.97 Å². The first-order valence-electron chi connectivity index (χ1n) is 6.43. The molecule has 2 heterocycles. The van der Waals surface area contributed by atoms with Gasteiger partial charge in [-0.15, -0.1) is 0 Å². The molecule has 0 atom stereocenters. The molecule has 0 aliphatic rings. The lowest BCUT2D eigenvalue weighted by Crippen LogP contribution is -2.13. The summed E-state index contributed by atoms with van der Waals surface area (Å²) < 4.78 is 26.7. The van der Waals surface area contributed by atoms with Crippen molar-refractivity contribution in [1.82, 2.24) is 13.9 Å². The zero-order chi connectivity index (χ0) is 16.1. The Kier molecular flexibility index (Phi) is 3.34. The number of rotatable bonds is 2. The zero-order valence-electron chi connectivity index (χ0n) is 11.9. The average molecular weight is 337 g/mol. The third kappa shape index (κ3) is 2.22. The van der Waals surface area contributed by atoms with Crippen molar-refractivity contribution in [3.8, 4) is 0 Å². The summed E-state index contributed by atoms with van der Waals surface area (Å²) in [4.78, 5) is 8.06. The maximum Gasteiger partial charge on any atom is 0.269 e. The van der Waals surface area contributed by atoms with Crippen LogP contribution in [0.1, 0.15) is 11.1 Å². The lowest BCUT2D eigenvalue weighted by molar-refractivity contribution is 0.588. The minimum atomic E-state index is -3.78. The van der Waals surface area contributed by atoms with Gasteiger partial charge in [0, 0.05) is 6.20 Å². The van der Waals surface area contributed by atoms with Gasteiger partial charge in [-0.1, -0.05) is 17.7 Å². The smallest absolute Gasteiger partial charge is 0.269 e. The van der Waals surface area contributed by atoms with Crippen molar-refractivity contribution in [1.29, 1.82) is 0 Å². The van der Waals surface area contributed by atoms with Crippen molar-refractivity contribution in [2.45, 2.75) is 18.7 Å². The lowest BCUT2D eigenvalue weighted by Gasteiger charge is -2.07. The highest BCUT2D eigenvalue weighted by Gasteiger charge is 2.23. The van der Waals surface area contributed by atoms with E-state index in [4.69, 9.17) is 17.3 Å². The van der Waals surface area contributed by atoms with E-state index in [1.807, 2.05) is 6.92 Å². The number of benzene rings is 1. The fourth-order valence-corrected chi connectivity index (χ4v) is 3.82. The Morgan fingerprint density at radius 2 is 1.77 bits per heavy atom. The first kappa shape index (κ1) is 14.8. The zero-order valence-corrected chi connectivity index (χ0v) is 13.5. The number of nitrogens with zero attached hydrogens (tertiary/aromatic N) is 3. The van der Waals surface area contributed by atoms with Crippen LogP contribution in [0.4, 0.5) is 5.82 Å². The number of anilines is 1. The third-order valence-corrected chi connectivity index (χ3v) is 5.22. The molecule has 0 aliphatic heterocycles. The number of nitrogen functional groups attached to an aromatic ring is 1. The number of halogens is 1. The van der Waals surface area contributed by atoms with Crippen LogP contribution >= 0.6 is 11.6 Å². The van der Waals surface area contributed by atoms with Crippen LogP contribution in [0.25, 0.3) is 11.0 Å². The number of hydrogen-bond donors (Lipinski definition) is 1. The van der Waals surface area contributed by atoms with E-state index in [0.717, 1.165) is 9.54 Å². The molecule has 6 nitrogen and oxygen atoms in total. The number of aryl methyl sites for hydroxylation is 2. The molecule has 0 saturated carbocycles. The van der Waals surface area contributed by atoms with Gasteiger partial charge in [-0.2, -0.15) is 4.98 Å². The number of nitrogens with two attached hydrogens (primary N) is 1. The van der Waals surface area contributed by atoms with Crippen LogP contribution in [0.2, 0.25) is 5.28 Å². The Morgan fingerprint density at radius 1 is 1.14 bits per heavy atom. The van der Waals surface area contributed by atoms with Gasteiger partial charge in [0.1, 0.15) is 5.82 Å². The van der Waals surface area contributed by atoms with E-state index in [1.165, 1.54) is 6.20 Å². The molecular weight excluding hydrogens is 324 g/mol. The van der Waals surface area contributed by atoms with Crippen molar-refractivity contribution in [2.75, 3.05) is 5.73 Å². The number of aromatic nitrogens is 3. The van der Waals surface area contributed by atoms with Gasteiger partial charge in [0.25, 0.3) is 10.0 Å². The van der Waals surface area contributed by atoms with Gasteiger partial charge < -0.3 is 5.73 Å². The molecule has 3 rings (SSSR count). The van der Waals surface area contributed by atoms with E-state index in [1.54, 1.807) is 31.2 Å². The highest BCUT2D eigenvalue weighted by molar-refractivity contribution is 7.90. The number of hydrogen-bond acceptors (Lipinski definition) is 5. The predicted octanol–water partition coefficient (Wildman–Crippen LogP) is 2.52. The van der Waals surface area contributed by atoms with Gasteiger partial charge >= 0.3 is 0 Å². The lowest BCUT2D eigenvalue weighted by atomic mass is 10.2. The molecule has 0 unspecified atom stereocenters. The van der Waals surface area contributed by atoms with Gasteiger partial charge in [0.15, 0.2) is 5.65 Å². The largest absolute Gasteiger partial charge is 0.383 e. The molecule has 3 aromatic rings. The quantitative estimate of drug-likeness (QED) is 0.726. The molecular formula is C14H13ClN4O2S. The molecule has 2 aromatic heterocycles. The van der Waals surface area contributed by atoms with Crippen molar-refractivity contribution < 1.29 is 8.42 Å². The second-order valence-corrected chi connectivity index (χ2v) is 7.16. The molecule has 8 heteroatoms. The second-order valence-electron chi connectivity index (χ2n) is 5.00. The Morgan fingerprint density at radius 3 is 2.41 bits per heavy atom. The fourth-order valence-electron chi connectivity index (χ4n) is 2.28. The Bertz CT molecular complexity index is 978. The molecule has 0 bridgehead atoms. The number of fused-ring (bicyclic) bond motifs is 1. The molecule has 0 amide bonds. The summed E-state index contributed by atoms with van der Waals surface area (Å²) in [6, 6.07) is 6.58. The maximum absolute atomic E-state index is 12.8. The van der Waals surface area contributed by atoms with Gasteiger partial charge in [-0.25, -0.2) is 17.4 Å². The van der Waals surface area contributed by atoms with Crippen LogP contribution in [0.15, 0.2) is 35.4 Å². The van der Waals surface area contributed by atoms with Crippen molar-refractivity contribution in [2.24, 2.45) is 0 Å². The van der Waals surface area contributed by atoms with Crippen molar-refractivity contribution >= 4 is 38.5 Å². The van der Waals surface area contributed by atoms with Crippen LogP contribution in [0.5, 0.6) is 0 Å². The average Bonchev–Trinajstić information content (AvgIpc) is 2.77. The monoisotopic (exact) mass is 336 g/mol. The summed E-state index contributed by atoms with van der Waals surface area (Å²) in [6.45, 7) is 3.64. The molecule has 22 heavy (non-hydrogen) atoms. The summed E-state index contributed by atoms with van der Waals surface area (Å²) in [5.74, 6) is 0.158. The summed E-state index contributed by atoms with van der Waals surface area (Å²) in [5.41, 5.74) is 7.65. The minimum Gasteiger partial charge on any atom is -0.383 e. The third-order valence-electron chi connectivity index (χ3n) is 3.38. The molecule has 0 saturated heterocycles. The summed E-state index contributed by atoms with van der Waals surface area (Å²) >= 11 is 5.81. The summed E-state index contributed by atoms with van der Waals surface area (Å²) in [7, 11) is -3.78. The minimum absolute atomic E-state index is 0.0940. The van der Waals surface area contributed by atoms with E-state index in [9.17, 15) is 8.42 Å². The normalized spacial score (nSPS) is 12.0. The summed E-state index contributed by atoms with van der Waals surface area (Å²) in [5, 5.41) is 0.392. The van der Waals surface area contributed by atoms with Gasteiger partial charge in [-0.3, -0.25) is 0 Å². The Balaban J connectivity index is 2.32. The molecule has 0 fully saturated rings. The first-order valence-corrected chi connectivity index (χ1v) is 8.25. The van der Waals surface area contributed by atoms with E-state index in [0.29, 0.717) is 10.9 Å². The molecule has 0 aliphatic carbocycles. The summed E-state index contributed by atoms with van der Waals surface area (Å²) in [6.07, 6.45) is 1.47. The Labute approximate surface area is 132 Å². The van der Waals surface area contributed by atoms with Gasteiger partial charge in [0.2, 0.25) is 5.28 Å². The molecule has 0 spiro atoms. The van der Waals surface area contributed by atoms with Crippen molar-refractivity contribution in [3.63, 3.8) is 0 Å². The van der Waals surface area contributed by atoms with Crippen LogP contribution in [0, 0.1) is 13.8 Å². The SMILES string of the molecule is Cc1ccc(S(=O)(=O)n2cc(C)c3c(N)nc(Cl)nc32)cc1. The van der Waals surface area contributed by atoms with E-state index in [-0.39, 0.29) is 21.6 Å². The molecule has 0 radical (unpaired) electrons. The van der Waals surface area contributed by atoms with Crippen LogP contribution in [-0.2, 0) is 10.0 Å². The fraction of sp³-hybridized carbons (Fsp3) is 0.143. The highest BCUT2D eigenvalue weighted by Crippen LogP contribution is 2.28. The van der Waals surface area contributed by atoms with Crippen molar-refractivity contribution in [3.05, 3.63) is 46.9 Å². The van der Waals surface area contributed by atoms with E-state index >= 15 is 0 Å². The molecule has 2 N–H and O–H groups in total. The Hall–Kier alpha value is -2.12. The topological polar surface area (TPSA) is 90.9 Å². The molecule has 114 valence electrons. The maximum atomic E-state index is 12.8. The van der Waals surface area contributed by atoms with Crippen LogP contribution in [0.3, 0.4) is 0 Å². The van der Waals surface area contributed by atoms with E-state index < -0.39 is 10.0 Å². The van der Waals surface area contributed by atoms with Crippen LogP contribution < -0.4 is 5.73 Å². The van der Waals surface area contributed by atoms with Crippen LogP contribution in [-0.4, -0.2) is 22.4 Å². The predicted molar refractivity (Wildman–Crippen MR) is 85.5 cm³/mol. The highest BCUT2D eigenvalue weighted by atomic mass is 35.5. The molecule has 1 aromatic carbocycles. The standard InChI is InChI=1S/C14H13ClN4O2S/c1-8-3-5-10(6-4-8)22(20,21)19-7-9(2)11-12(16)17-14(15)18-13(11)19/h3-7H,1-2H3,(H2,16,17,18). The first-order chi connectivity index (χ1) is 10.3. The second kappa shape index (κ2) is 4.96. The van der Waals surface area contributed by atoms with Gasteiger partial charge in [0.05, 0.1) is 10.3 Å².